The molecule has 2 heterocycles. The molecule has 152 valence electrons. The smallest absolute Gasteiger partial charge is 0.226 e. The summed E-state index contributed by atoms with van der Waals surface area (Å²) >= 11 is 1.39. The Labute approximate surface area is 176 Å². The summed E-state index contributed by atoms with van der Waals surface area (Å²) in [6.45, 7) is 0.496. The van der Waals surface area contributed by atoms with E-state index >= 15 is 0 Å². The summed E-state index contributed by atoms with van der Waals surface area (Å²) in [5.74, 6) is 0.182. The van der Waals surface area contributed by atoms with Crippen molar-refractivity contribution >= 4 is 22.4 Å². The molecular formula is C21H19FN6OS. The molecule has 0 bridgehead atoms. The van der Waals surface area contributed by atoms with Crippen molar-refractivity contribution in [1.82, 2.24) is 25.2 Å². The lowest BCUT2D eigenvalue weighted by atomic mass is 10.1. The van der Waals surface area contributed by atoms with Gasteiger partial charge in [-0.15, -0.1) is 21.5 Å². The third kappa shape index (κ3) is 5.32. The summed E-state index contributed by atoms with van der Waals surface area (Å²) in [5.41, 5.74) is 1.77. The largest absolute Gasteiger partial charge is 0.302 e. The van der Waals surface area contributed by atoms with Gasteiger partial charge in [-0.2, -0.15) is 4.80 Å². The van der Waals surface area contributed by atoms with Crippen LogP contribution in [0.2, 0.25) is 0 Å². The Morgan fingerprint density at radius 3 is 2.83 bits per heavy atom. The summed E-state index contributed by atoms with van der Waals surface area (Å²) in [6.07, 6.45) is 3.18. The first kappa shape index (κ1) is 19.8. The van der Waals surface area contributed by atoms with E-state index in [4.69, 9.17) is 0 Å². The third-order valence-electron chi connectivity index (χ3n) is 4.31. The Morgan fingerprint density at radius 2 is 2.00 bits per heavy atom. The average Bonchev–Trinajstić information content (AvgIpc) is 3.38. The molecule has 0 saturated carbocycles. The van der Waals surface area contributed by atoms with Gasteiger partial charge in [0.25, 0.3) is 0 Å². The fraction of sp³-hybridized carbons (Fsp3) is 0.190. The zero-order valence-electron chi connectivity index (χ0n) is 16.0. The van der Waals surface area contributed by atoms with Gasteiger partial charge in [0.2, 0.25) is 11.7 Å². The number of nitrogens with zero attached hydrogens (tertiary/aromatic N) is 5. The molecule has 9 heteroatoms. The number of aromatic nitrogens is 5. The first-order valence-electron chi connectivity index (χ1n) is 9.48. The minimum Gasteiger partial charge on any atom is -0.302 e. The number of hydrogen-bond acceptors (Lipinski definition) is 6. The molecule has 2 aromatic heterocycles. The predicted octanol–water partition coefficient (Wildman–Crippen LogP) is 3.95. The van der Waals surface area contributed by atoms with E-state index in [1.54, 1.807) is 12.3 Å². The van der Waals surface area contributed by atoms with E-state index in [1.165, 1.54) is 28.3 Å². The van der Waals surface area contributed by atoms with Crippen LogP contribution in [-0.4, -0.2) is 31.1 Å². The molecule has 0 radical (unpaired) electrons. The molecule has 4 rings (SSSR count). The second kappa shape index (κ2) is 9.36. The van der Waals surface area contributed by atoms with Crippen molar-refractivity contribution in [2.45, 2.75) is 25.8 Å². The van der Waals surface area contributed by atoms with E-state index in [2.05, 4.69) is 25.7 Å². The molecule has 0 aliphatic heterocycles. The van der Waals surface area contributed by atoms with Gasteiger partial charge in [0.1, 0.15) is 5.82 Å². The number of thiazole rings is 1. The van der Waals surface area contributed by atoms with Crippen LogP contribution in [0.1, 0.15) is 23.3 Å². The molecule has 0 saturated heterocycles. The van der Waals surface area contributed by atoms with Gasteiger partial charge in [0.15, 0.2) is 5.13 Å². The fourth-order valence-electron chi connectivity index (χ4n) is 2.90. The molecule has 1 amide bonds. The molecule has 4 aromatic rings. The highest BCUT2D eigenvalue weighted by Crippen LogP contribution is 2.21. The van der Waals surface area contributed by atoms with Gasteiger partial charge in [0, 0.05) is 29.5 Å². The van der Waals surface area contributed by atoms with Crippen molar-refractivity contribution in [2.24, 2.45) is 0 Å². The van der Waals surface area contributed by atoms with Crippen LogP contribution in [0.25, 0.3) is 11.4 Å². The molecule has 0 aliphatic carbocycles. The number of hydrogen-bond donors (Lipinski definition) is 1. The summed E-state index contributed by atoms with van der Waals surface area (Å²) in [7, 11) is 0. The maximum atomic E-state index is 13.3. The summed E-state index contributed by atoms with van der Waals surface area (Å²) < 4.78 is 13.3. The van der Waals surface area contributed by atoms with Crippen LogP contribution in [0.4, 0.5) is 9.52 Å². The van der Waals surface area contributed by atoms with E-state index in [1.807, 2.05) is 36.4 Å². The number of aryl methyl sites for hydroxylation is 1. The number of amides is 1. The van der Waals surface area contributed by atoms with Crippen molar-refractivity contribution in [2.75, 3.05) is 5.32 Å². The minimum atomic E-state index is -0.261. The van der Waals surface area contributed by atoms with Gasteiger partial charge >= 0.3 is 0 Å². The van der Waals surface area contributed by atoms with Crippen LogP contribution in [0, 0.1) is 5.82 Å². The number of halogens is 1. The number of nitrogens with one attached hydrogen (secondary N) is 1. The zero-order valence-corrected chi connectivity index (χ0v) is 16.8. The third-order valence-corrected chi connectivity index (χ3v) is 5.23. The van der Waals surface area contributed by atoms with Crippen molar-refractivity contribution < 1.29 is 9.18 Å². The Hall–Kier alpha value is -3.46. The molecule has 0 atom stereocenters. The zero-order chi connectivity index (χ0) is 20.8. The Morgan fingerprint density at radius 1 is 1.13 bits per heavy atom. The summed E-state index contributed by atoms with van der Waals surface area (Å²) in [5, 5.41) is 15.8. The van der Waals surface area contributed by atoms with Crippen molar-refractivity contribution in [3.8, 4) is 11.4 Å². The van der Waals surface area contributed by atoms with Crippen LogP contribution in [0.15, 0.2) is 60.8 Å². The van der Waals surface area contributed by atoms with E-state index in [-0.39, 0.29) is 11.7 Å². The highest BCUT2D eigenvalue weighted by molar-refractivity contribution is 7.15. The van der Waals surface area contributed by atoms with E-state index in [0.717, 1.165) is 16.0 Å². The molecule has 0 unspecified atom stereocenters. The lowest BCUT2D eigenvalue weighted by Crippen LogP contribution is -2.13. The van der Waals surface area contributed by atoms with Crippen molar-refractivity contribution in [3.63, 3.8) is 0 Å². The standard InChI is InChI=1S/C21H19FN6OS/c22-17-9-4-6-15(12-17)13-18-14-23-21(30-18)24-19(29)10-5-11-28-26-20(25-27-28)16-7-2-1-3-8-16/h1-4,6-9,12,14H,5,10-11,13H2,(H,23,24,29). The average molecular weight is 422 g/mol. The van der Waals surface area contributed by atoms with E-state index in [0.29, 0.717) is 36.8 Å². The predicted molar refractivity (Wildman–Crippen MR) is 112 cm³/mol. The molecule has 7 nitrogen and oxygen atoms in total. The lowest BCUT2D eigenvalue weighted by molar-refractivity contribution is -0.116. The van der Waals surface area contributed by atoms with Crippen LogP contribution >= 0.6 is 11.3 Å². The Kier molecular flexibility index (Phi) is 6.19. The van der Waals surface area contributed by atoms with Gasteiger partial charge in [-0.05, 0) is 29.3 Å². The SMILES string of the molecule is O=C(CCCn1nnc(-c2ccccc2)n1)Nc1ncc(Cc2cccc(F)c2)s1. The lowest BCUT2D eigenvalue weighted by Gasteiger charge is -2.01. The van der Waals surface area contributed by atoms with Gasteiger partial charge in [-0.25, -0.2) is 9.37 Å². The van der Waals surface area contributed by atoms with Gasteiger partial charge in [-0.3, -0.25) is 4.79 Å². The van der Waals surface area contributed by atoms with Gasteiger partial charge < -0.3 is 5.32 Å². The van der Waals surface area contributed by atoms with Gasteiger partial charge in [-0.1, -0.05) is 42.5 Å². The minimum absolute atomic E-state index is 0.120. The van der Waals surface area contributed by atoms with Crippen LogP contribution < -0.4 is 5.32 Å². The highest BCUT2D eigenvalue weighted by atomic mass is 32.1. The quantitative estimate of drug-likeness (QED) is 0.465. The maximum absolute atomic E-state index is 13.3. The molecule has 2 aromatic carbocycles. The summed E-state index contributed by atoms with van der Waals surface area (Å²) in [6, 6.07) is 16.1. The number of carbonyl (C=O) groups is 1. The molecule has 0 aliphatic rings. The Balaban J connectivity index is 1.24. The molecule has 1 N–H and O–H groups in total. The normalized spacial score (nSPS) is 10.8. The van der Waals surface area contributed by atoms with Crippen molar-refractivity contribution in [1.29, 1.82) is 0 Å². The molecular weight excluding hydrogens is 403 g/mol. The van der Waals surface area contributed by atoms with E-state index in [9.17, 15) is 9.18 Å². The topological polar surface area (TPSA) is 85.6 Å². The number of carbonyl (C=O) groups excluding carboxylic acids is 1. The molecule has 30 heavy (non-hydrogen) atoms. The van der Waals surface area contributed by atoms with Crippen LogP contribution in [0.5, 0.6) is 0 Å². The second-order valence-electron chi connectivity index (χ2n) is 6.67. The Bertz CT molecular complexity index is 1130. The fourth-order valence-corrected chi connectivity index (χ4v) is 3.76. The molecule has 0 fully saturated rings. The van der Waals surface area contributed by atoms with Crippen molar-refractivity contribution in [3.05, 3.63) is 77.1 Å². The van der Waals surface area contributed by atoms with Gasteiger partial charge in [0.05, 0.1) is 6.54 Å². The van der Waals surface area contributed by atoms with Crippen LogP contribution in [0.3, 0.4) is 0 Å². The number of rotatable bonds is 8. The summed E-state index contributed by atoms with van der Waals surface area (Å²) in [4.78, 5) is 18.9. The molecule has 0 spiro atoms. The maximum Gasteiger partial charge on any atom is 0.226 e. The van der Waals surface area contributed by atoms with E-state index < -0.39 is 0 Å². The second-order valence-corrected chi connectivity index (χ2v) is 7.78. The highest BCUT2D eigenvalue weighted by Gasteiger charge is 2.09. The van der Waals surface area contributed by atoms with Crippen LogP contribution in [-0.2, 0) is 17.8 Å². The number of anilines is 1. The first-order chi connectivity index (χ1) is 14.7. The number of tetrazole rings is 1. The number of benzene rings is 2. The first-order valence-corrected chi connectivity index (χ1v) is 10.3. The monoisotopic (exact) mass is 422 g/mol.